The van der Waals surface area contributed by atoms with Gasteiger partial charge in [0.2, 0.25) is 5.91 Å². The zero-order valence-corrected chi connectivity index (χ0v) is 10.2. The van der Waals surface area contributed by atoms with Crippen LogP contribution in [-0.2, 0) is 4.79 Å². The first-order valence-corrected chi connectivity index (χ1v) is 6.12. The summed E-state index contributed by atoms with van der Waals surface area (Å²) in [6, 6.07) is 5.64. The van der Waals surface area contributed by atoms with E-state index in [4.69, 9.17) is 10.5 Å². The highest BCUT2D eigenvalue weighted by atomic mass is 32.2. The van der Waals surface area contributed by atoms with Crippen molar-refractivity contribution >= 4 is 28.7 Å². The Hall–Kier alpha value is -1.69. The van der Waals surface area contributed by atoms with Crippen molar-refractivity contribution in [2.75, 3.05) is 12.9 Å². The molecule has 6 heteroatoms. The van der Waals surface area contributed by atoms with Crippen LogP contribution in [0.25, 0.3) is 11.0 Å². The molecule has 0 aliphatic rings. The Morgan fingerprint density at radius 3 is 3.12 bits per heavy atom. The van der Waals surface area contributed by atoms with Crippen LogP contribution in [0.15, 0.2) is 23.4 Å². The van der Waals surface area contributed by atoms with Gasteiger partial charge in [-0.3, -0.25) is 4.79 Å². The molecular formula is C11H13N3O2S. The number of rotatable bonds is 5. The van der Waals surface area contributed by atoms with Gasteiger partial charge in [0.25, 0.3) is 0 Å². The number of benzene rings is 1. The first-order valence-electron chi connectivity index (χ1n) is 5.14. The third-order valence-corrected chi connectivity index (χ3v) is 3.13. The fourth-order valence-electron chi connectivity index (χ4n) is 1.41. The molecule has 0 atom stereocenters. The van der Waals surface area contributed by atoms with Crippen LogP contribution in [0.5, 0.6) is 5.75 Å². The standard InChI is InChI=1S/C11H13N3O2S/c1-16-7-2-3-8-9(6-7)14-11(13-8)17-5-4-10(12)15/h2-3,6H,4-5H2,1H3,(H2,12,15)(H,13,14). The molecule has 0 aliphatic heterocycles. The maximum atomic E-state index is 10.6. The highest BCUT2D eigenvalue weighted by molar-refractivity contribution is 7.99. The molecule has 1 amide bonds. The van der Waals surface area contributed by atoms with Gasteiger partial charge in [-0.25, -0.2) is 4.98 Å². The lowest BCUT2D eigenvalue weighted by Gasteiger charge is -1.96. The van der Waals surface area contributed by atoms with Gasteiger partial charge in [-0.1, -0.05) is 11.8 Å². The molecule has 2 rings (SSSR count). The normalized spacial score (nSPS) is 10.6. The Morgan fingerprint density at radius 1 is 1.59 bits per heavy atom. The molecular weight excluding hydrogens is 238 g/mol. The van der Waals surface area contributed by atoms with Crippen LogP contribution >= 0.6 is 11.8 Å². The molecule has 90 valence electrons. The minimum absolute atomic E-state index is 0.296. The topological polar surface area (TPSA) is 81.0 Å². The van der Waals surface area contributed by atoms with E-state index < -0.39 is 0 Å². The Kier molecular flexibility index (Phi) is 3.53. The molecule has 0 aliphatic carbocycles. The number of nitrogens with two attached hydrogens (primary N) is 1. The van der Waals surface area contributed by atoms with Crippen LogP contribution in [0.2, 0.25) is 0 Å². The van der Waals surface area contributed by atoms with Crippen LogP contribution in [-0.4, -0.2) is 28.7 Å². The van der Waals surface area contributed by atoms with Gasteiger partial charge in [0.15, 0.2) is 5.16 Å². The Morgan fingerprint density at radius 2 is 2.41 bits per heavy atom. The van der Waals surface area contributed by atoms with E-state index in [1.165, 1.54) is 11.8 Å². The fourth-order valence-corrected chi connectivity index (χ4v) is 2.25. The van der Waals surface area contributed by atoms with Crippen LogP contribution in [0.1, 0.15) is 6.42 Å². The van der Waals surface area contributed by atoms with Gasteiger partial charge in [-0.15, -0.1) is 0 Å². The maximum Gasteiger partial charge on any atom is 0.218 e. The number of fused-ring (bicyclic) bond motifs is 1. The molecule has 3 N–H and O–H groups in total. The number of carbonyl (C=O) groups excluding carboxylic acids is 1. The van der Waals surface area contributed by atoms with Crippen LogP contribution < -0.4 is 10.5 Å². The second kappa shape index (κ2) is 5.09. The highest BCUT2D eigenvalue weighted by Gasteiger charge is 2.05. The largest absolute Gasteiger partial charge is 0.497 e. The summed E-state index contributed by atoms with van der Waals surface area (Å²) in [5.41, 5.74) is 6.87. The Balaban J connectivity index is 2.11. The third-order valence-electron chi connectivity index (χ3n) is 2.25. The van der Waals surface area contributed by atoms with Crippen molar-refractivity contribution in [3.05, 3.63) is 18.2 Å². The summed E-state index contributed by atoms with van der Waals surface area (Å²) >= 11 is 1.48. The minimum atomic E-state index is -0.296. The van der Waals surface area contributed by atoms with Gasteiger partial charge in [-0.05, 0) is 12.1 Å². The summed E-state index contributed by atoms with van der Waals surface area (Å²) in [6.07, 6.45) is 0.352. The molecule has 0 fully saturated rings. The summed E-state index contributed by atoms with van der Waals surface area (Å²) in [7, 11) is 1.63. The van der Waals surface area contributed by atoms with E-state index >= 15 is 0 Å². The lowest BCUT2D eigenvalue weighted by atomic mass is 10.3. The highest BCUT2D eigenvalue weighted by Crippen LogP contribution is 2.23. The number of nitrogens with one attached hydrogen (secondary N) is 1. The summed E-state index contributed by atoms with van der Waals surface area (Å²) in [4.78, 5) is 18.2. The van der Waals surface area contributed by atoms with Crippen molar-refractivity contribution in [3.8, 4) is 5.75 Å². The van der Waals surface area contributed by atoms with E-state index in [0.29, 0.717) is 12.2 Å². The van der Waals surface area contributed by atoms with Crippen LogP contribution in [0.4, 0.5) is 0 Å². The predicted molar refractivity (Wildman–Crippen MR) is 67.2 cm³/mol. The average Bonchev–Trinajstić information content (AvgIpc) is 2.69. The second-order valence-electron chi connectivity index (χ2n) is 3.49. The van der Waals surface area contributed by atoms with Gasteiger partial charge < -0.3 is 15.5 Å². The Labute approximate surface area is 103 Å². The first kappa shape index (κ1) is 11.8. The van der Waals surface area contributed by atoms with Crippen molar-refractivity contribution in [2.24, 2.45) is 5.73 Å². The Bertz CT molecular complexity index is 538. The molecule has 5 nitrogen and oxygen atoms in total. The molecule has 1 aromatic carbocycles. The minimum Gasteiger partial charge on any atom is -0.497 e. The molecule has 2 aromatic rings. The molecule has 0 saturated heterocycles. The number of carbonyl (C=O) groups is 1. The SMILES string of the molecule is COc1ccc2nc(SCCC(N)=O)[nH]c2c1. The number of aromatic amines is 1. The maximum absolute atomic E-state index is 10.6. The van der Waals surface area contributed by atoms with Crippen LogP contribution in [0.3, 0.4) is 0 Å². The number of ether oxygens (including phenoxy) is 1. The van der Waals surface area contributed by atoms with Gasteiger partial charge in [0.1, 0.15) is 5.75 Å². The van der Waals surface area contributed by atoms with Crippen LogP contribution in [0, 0.1) is 0 Å². The quantitative estimate of drug-likeness (QED) is 0.790. The van der Waals surface area contributed by atoms with Crippen molar-refractivity contribution in [2.45, 2.75) is 11.6 Å². The number of amides is 1. The second-order valence-corrected chi connectivity index (χ2v) is 4.57. The van der Waals surface area contributed by atoms with E-state index in [0.717, 1.165) is 21.9 Å². The summed E-state index contributed by atoms with van der Waals surface area (Å²) in [6.45, 7) is 0. The summed E-state index contributed by atoms with van der Waals surface area (Å²) in [5, 5.41) is 0.787. The number of imidazole rings is 1. The number of hydrogen-bond acceptors (Lipinski definition) is 4. The van der Waals surface area contributed by atoms with E-state index in [1.54, 1.807) is 7.11 Å². The lowest BCUT2D eigenvalue weighted by Crippen LogP contribution is -2.10. The molecule has 0 saturated carbocycles. The monoisotopic (exact) mass is 251 g/mol. The van der Waals surface area contributed by atoms with Crippen molar-refractivity contribution in [3.63, 3.8) is 0 Å². The molecule has 0 radical (unpaired) electrons. The fraction of sp³-hybridized carbons (Fsp3) is 0.273. The van der Waals surface area contributed by atoms with Gasteiger partial charge >= 0.3 is 0 Å². The molecule has 0 unspecified atom stereocenters. The third kappa shape index (κ3) is 2.91. The molecule has 1 heterocycles. The molecule has 1 aromatic heterocycles. The van der Waals surface area contributed by atoms with Gasteiger partial charge in [-0.2, -0.15) is 0 Å². The van der Waals surface area contributed by atoms with Crippen molar-refractivity contribution < 1.29 is 9.53 Å². The van der Waals surface area contributed by atoms with E-state index in [2.05, 4.69) is 9.97 Å². The zero-order chi connectivity index (χ0) is 12.3. The molecule has 0 spiro atoms. The molecule has 17 heavy (non-hydrogen) atoms. The number of primary amides is 1. The zero-order valence-electron chi connectivity index (χ0n) is 9.40. The molecule has 0 bridgehead atoms. The van der Waals surface area contributed by atoms with Gasteiger partial charge in [0, 0.05) is 18.2 Å². The summed E-state index contributed by atoms with van der Waals surface area (Å²) in [5.74, 6) is 1.12. The first-order chi connectivity index (χ1) is 8.19. The van der Waals surface area contributed by atoms with Crippen molar-refractivity contribution in [1.82, 2.24) is 9.97 Å². The number of methoxy groups -OCH3 is 1. The number of H-pyrrole nitrogens is 1. The lowest BCUT2D eigenvalue weighted by molar-refractivity contribution is -0.117. The van der Waals surface area contributed by atoms with Gasteiger partial charge in [0.05, 0.1) is 18.1 Å². The number of nitrogens with zero attached hydrogens (tertiary/aromatic N) is 1. The number of aromatic nitrogens is 2. The smallest absolute Gasteiger partial charge is 0.218 e. The number of hydrogen-bond donors (Lipinski definition) is 2. The van der Waals surface area contributed by atoms with E-state index in [1.807, 2.05) is 18.2 Å². The number of thioether (sulfide) groups is 1. The average molecular weight is 251 g/mol. The predicted octanol–water partition coefficient (Wildman–Crippen LogP) is 1.54. The summed E-state index contributed by atoms with van der Waals surface area (Å²) < 4.78 is 5.13. The van der Waals surface area contributed by atoms with Crippen molar-refractivity contribution in [1.29, 1.82) is 0 Å². The van der Waals surface area contributed by atoms with E-state index in [9.17, 15) is 4.79 Å². The van der Waals surface area contributed by atoms with E-state index in [-0.39, 0.29) is 5.91 Å².